The number of rotatable bonds is 3. The number of hydrogen-bond donors (Lipinski definition) is 0. The predicted molar refractivity (Wildman–Crippen MR) is 59.4 cm³/mol. The van der Waals surface area contributed by atoms with Gasteiger partial charge in [0.2, 0.25) is 0 Å². The summed E-state index contributed by atoms with van der Waals surface area (Å²) in [5.74, 6) is 1.02. The Morgan fingerprint density at radius 3 is 2.14 bits per heavy atom. The van der Waals surface area contributed by atoms with Gasteiger partial charge in [0.1, 0.15) is 5.82 Å². The van der Waals surface area contributed by atoms with E-state index in [0.717, 1.165) is 5.56 Å². The maximum Gasteiger partial charge on any atom is 0.123 e. The molecule has 0 saturated heterocycles. The molecule has 0 radical (unpaired) electrons. The Kier molecular flexibility index (Phi) is 3.87. The molecule has 1 aromatic rings. The van der Waals surface area contributed by atoms with Crippen LogP contribution >= 0.6 is 0 Å². The van der Waals surface area contributed by atoms with Crippen LogP contribution in [-0.2, 0) is 0 Å². The van der Waals surface area contributed by atoms with Gasteiger partial charge in [0.05, 0.1) is 0 Å². The van der Waals surface area contributed by atoms with Crippen molar-refractivity contribution in [2.45, 2.75) is 20.8 Å². The van der Waals surface area contributed by atoms with E-state index in [9.17, 15) is 4.39 Å². The van der Waals surface area contributed by atoms with Gasteiger partial charge >= 0.3 is 0 Å². The van der Waals surface area contributed by atoms with E-state index in [1.165, 1.54) is 12.1 Å². The molecule has 0 fully saturated rings. The van der Waals surface area contributed by atoms with Gasteiger partial charge in [0.15, 0.2) is 0 Å². The maximum atomic E-state index is 12.6. The highest BCUT2D eigenvalue weighted by Gasteiger charge is 2.01. The molecule has 0 bridgehead atoms. The van der Waals surface area contributed by atoms with E-state index in [1.54, 1.807) is 12.1 Å². The molecule has 1 unspecified atom stereocenters. The Balaban J connectivity index is 2.64. The Labute approximate surface area is 85.5 Å². The van der Waals surface area contributed by atoms with Crippen molar-refractivity contribution in [3.05, 3.63) is 41.7 Å². The Morgan fingerprint density at radius 1 is 1.07 bits per heavy atom. The zero-order valence-corrected chi connectivity index (χ0v) is 9.00. The molecule has 1 heteroatoms. The SMILES string of the molecule is CC(C)C(C)/C=C/c1ccc(F)cc1. The summed E-state index contributed by atoms with van der Waals surface area (Å²) in [7, 11) is 0. The Hall–Kier alpha value is -1.11. The molecule has 0 spiro atoms. The monoisotopic (exact) mass is 192 g/mol. The summed E-state index contributed by atoms with van der Waals surface area (Å²) in [5.41, 5.74) is 1.05. The molecule has 0 saturated carbocycles. The highest BCUT2D eigenvalue weighted by atomic mass is 19.1. The third-order valence-corrected chi connectivity index (χ3v) is 2.51. The second kappa shape index (κ2) is 4.94. The van der Waals surface area contributed by atoms with Crippen molar-refractivity contribution in [3.63, 3.8) is 0 Å². The van der Waals surface area contributed by atoms with E-state index in [-0.39, 0.29) is 5.82 Å². The smallest absolute Gasteiger partial charge is 0.123 e. The standard InChI is InChI=1S/C13H17F/c1-10(2)11(3)4-5-12-6-8-13(14)9-7-12/h4-11H,1-3H3/b5-4+. The molecule has 0 aliphatic carbocycles. The fourth-order valence-electron chi connectivity index (χ4n) is 1.06. The van der Waals surface area contributed by atoms with Gasteiger partial charge in [-0.3, -0.25) is 0 Å². The van der Waals surface area contributed by atoms with Gasteiger partial charge in [0, 0.05) is 0 Å². The normalized spacial score (nSPS) is 13.8. The van der Waals surface area contributed by atoms with Gasteiger partial charge < -0.3 is 0 Å². The lowest BCUT2D eigenvalue weighted by atomic mass is 9.97. The molecular weight excluding hydrogens is 175 g/mol. The number of benzene rings is 1. The van der Waals surface area contributed by atoms with Gasteiger partial charge in [-0.05, 0) is 29.5 Å². The van der Waals surface area contributed by atoms with Crippen LogP contribution in [0.3, 0.4) is 0 Å². The number of hydrogen-bond acceptors (Lipinski definition) is 0. The number of allylic oxidation sites excluding steroid dienone is 1. The summed E-state index contributed by atoms with van der Waals surface area (Å²) < 4.78 is 12.6. The van der Waals surface area contributed by atoms with Gasteiger partial charge in [0.25, 0.3) is 0 Å². The summed E-state index contributed by atoms with van der Waals surface area (Å²) in [6.45, 7) is 6.57. The lowest BCUT2D eigenvalue weighted by Gasteiger charge is -2.09. The van der Waals surface area contributed by atoms with Crippen LogP contribution in [0.1, 0.15) is 26.3 Å². The molecule has 0 heterocycles. The number of halogens is 1. The molecule has 1 rings (SSSR count). The summed E-state index contributed by atoms with van der Waals surface area (Å²) in [6, 6.07) is 6.55. The molecule has 1 atom stereocenters. The molecule has 0 nitrogen and oxygen atoms in total. The maximum absolute atomic E-state index is 12.6. The van der Waals surface area contributed by atoms with Gasteiger partial charge in [-0.1, -0.05) is 45.1 Å². The van der Waals surface area contributed by atoms with E-state index in [1.807, 2.05) is 6.08 Å². The Bertz CT molecular complexity index is 296. The minimum absolute atomic E-state index is 0.181. The van der Waals surface area contributed by atoms with E-state index in [2.05, 4.69) is 26.8 Å². The van der Waals surface area contributed by atoms with Crippen molar-refractivity contribution in [1.82, 2.24) is 0 Å². The van der Waals surface area contributed by atoms with Gasteiger partial charge in [-0.2, -0.15) is 0 Å². The summed E-state index contributed by atoms with van der Waals surface area (Å²) in [5, 5.41) is 0. The van der Waals surface area contributed by atoms with Crippen molar-refractivity contribution in [3.8, 4) is 0 Å². The highest BCUT2D eigenvalue weighted by molar-refractivity contribution is 5.49. The molecule has 76 valence electrons. The van der Waals surface area contributed by atoms with Crippen molar-refractivity contribution < 1.29 is 4.39 Å². The highest BCUT2D eigenvalue weighted by Crippen LogP contribution is 2.13. The van der Waals surface area contributed by atoms with Crippen LogP contribution in [0.25, 0.3) is 6.08 Å². The Morgan fingerprint density at radius 2 is 1.64 bits per heavy atom. The van der Waals surface area contributed by atoms with E-state index >= 15 is 0 Å². The van der Waals surface area contributed by atoms with Crippen molar-refractivity contribution in [2.24, 2.45) is 11.8 Å². The van der Waals surface area contributed by atoms with Gasteiger partial charge in [-0.15, -0.1) is 0 Å². The molecule has 0 aliphatic heterocycles. The van der Waals surface area contributed by atoms with Crippen LogP contribution in [0.4, 0.5) is 4.39 Å². The summed E-state index contributed by atoms with van der Waals surface area (Å²) in [6.07, 6.45) is 4.21. The molecule has 14 heavy (non-hydrogen) atoms. The van der Waals surface area contributed by atoms with E-state index in [4.69, 9.17) is 0 Å². The summed E-state index contributed by atoms with van der Waals surface area (Å²) >= 11 is 0. The molecule has 0 N–H and O–H groups in total. The van der Waals surface area contributed by atoms with Crippen LogP contribution in [0.15, 0.2) is 30.3 Å². The quantitative estimate of drug-likeness (QED) is 0.675. The third kappa shape index (κ3) is 3.33. The first-order chi connectivity index (χ1) is 6.59. The minimum atomic E-state index is -0.181. The zero-order valence-electron chi connectivity index (χ0n) is 9.00. The molecular formula is C13H17F. The van der Waals surface area contributed by atoms with Gasteiger partial charge in [-0.25, -0.2) is 4.39 Å². The van der Waals surface area contributed by atoms with Crippen LogP contribution < -0.4 is 0 Å². The molecule has 0 amide bonds. The van der Waals surface area contributed by atoms with Crippen LogP contribution in [-0.4, -0.2) is 0 Å². The molecule has 1 aromatic carbocycles. The fraction of sp³-hybridized carbons (Fsp3) is 0.385. The first-order valence-electron chi connectivity index (χ1n) is 5.03. The van der Waals surface area contributed by atoms with Crippen LogP contribution in [0.5, 0.6) is 0 Å². The lowest BCUT2D eigenvalue weighted by Crippen LogP contribution is -1.98. The van der Waals surface area contributed by atoms with Crippen molar-refractivity contribution in [2.75, 3.05) is 0 Å². The van der Waals surface area contributed by atoms with Crippen LogP contribution in [0, 0.1) is 17.7 Å². The first-order valence-corrected chi connectivity index (χ1v) is 5.03. The summed E-state index contributed by atoms with van der Waals surface area (Å²) in [4.78, 5) is 0. The minimum Gasteiger partial charge on any atom is -0.207 e. The predicted octanol–water partition coefficient (Wildman–Crippen LogP) is 4.13. The fourth-order valence-corrected chi connectivity index (χ4v) is 1.06. The molecule has 0 aromatic heterocycles. The van der Waals surface area contributed by atoms with E-state index < -0.39 is 0 Å². The zero-order chi connectivity index (χ0) is 10.6. The average molecular weight is 192 g/mol. The lowest BCUT2D eigenvalue weighted by molar-refractivity contribution is 0.506. The van der Waals surface area contributed by atoms with Crippen LogP contribution in [0.2, 0.25) is 0 Å². The second-order valence-corrected chi connectivity index (χ2v) is 4.01. The van der Waals surface area contributed by atoms with Crippen molar-refractivity contribution in [1.29, 1.82) is 0 Å². The third-order valence-electron chi connectivity index (χ3n) is 2.51. The largest absolute Gasteiger partial charge is 0.207 e. The van der Waals surface area contributed by atoms with E-state index in [0.29, 0.717) is 11.8 Å². The molecule has 0 aliphatic rings. The second-order valence-electron chi connectivity index (χ2n) is 4.01. The average Bonchev–Trinajstić information content (AvgIpc) is 2.16. The topological polar surface area (TPSA) is 0 Å². The van der Waals surface area contributed by atoms with Crippen molar-refractivity contribution >= 4 is 6.08 Å². The first kappa shape index (κ1) is 11.0.